The molecule has 2 aromatic carbocycles. The Bertz CT molecular complexity index is 1460. The highest BCUT2D eigenvalue weighted by atomic mass is 32.1. The largest absolute Gasteiger partial charge is 0.497 e. The molecule has 10 heteroatoms. The van der Waals surface area contributed by atoms with Crippen molar-refractivity contribution >= 4 is 23.4 Å². The minimum atomic E-state index is -2.97. The molecule has 1 aromatic heterocycles. The van der Waals surface area contributed by atoms with E-state index in [1.54, 1.807) is 51.3 Å². The minimum Gasteiger partial charge on any atom is -0.497 e. The molecule has 7 nitrogen and oxygen atoms in total. The lowest BCUT2D eigenvalue weighted by Gasteiger charge is -2.24. The number of hydrogen-bond acceptors (Lipinski definition) is 7. The SMILES string of the molecule is CCOC(=O)C1=C(C)N=c2s/c(=C\c3cccc(OC)c3)c(=O)n2C1c1ccc(OC(F)F)cc1. The number of allylic oxidation sites excluding steroid dienone is 1. The summed E-state index contributed by atoms with van der Waals surface area (Å²) in [5.41, 5.74) is 1.56. The van der Waals surface area contributed by atoms with E-state index in [1.165, 1.54) is 28.0 Å². The first kappa shape index (κ1) is 24.3. The molecule has 0 saturated heterocycles. The number of rotatable bonds is 7. The fourth-order valence-corrected chi connectivity index (χ4v) is 4.87. The van der Waals surface area contributed by atoms with Gasteiger partial charge in [-0.3, -0.25) is 9.36 Å². The number of carbonyl (C=O) groups excluding carboxylic acids is 1. The molecule has 1 unspecified atom stereocenters. The predicted octanol–water partition coefficient (Wildman–Crippen LogP) is 3.41. The van der Waals surface area contributed by atoms with Crippen LogP contribution in [0.5, 0.6) is 11.5 Å². The monoisotopic (exact) mass is 500 g/mol. The number of nitrogens with zero attached hydrogens (tertiary/aromatic N) is 2. The molecule has 1 atom stereocenters. The van der Waals surface area contributed by atoms with Crippen LogP contribution in [0.3, 0.4) is 0 Å². The van der Waals surface area contributed by atoms with Gasteiger partial charge in [-0.15, -0.1) is 0 Å². The predicted molar refractivity (Wildman–Crippen MR) is 126 cm³/mol. The number of benzene rings is 2. The van der Waals surface area contributed by atoms with Gasteiger partial charge < -0.3 is 14.2 Å². The fraction of sp³-hybridized carbons (Fsp3) is 0.240. The normalized spacial score (nSPS) is 15.6. The molecule has 0 spiro atoms. The summed E-state index contributed by atoms with van der Waals surface area (Å²) in [5, 5.41) is 0. The van der Waals surface area contributed by atoms with Crippen molar-refractivity contribution in [2.24, 2.45) is 4.99 Å². The highest BCUT2D eigenvalue weighted by molar-refractivity contribution is 7.07. The summed E-state index contributed by atoms with van der Waals surface area (Å²) in [6.07, 6.45) is 1.73. The van der Waals surface area contributed by atoms with Crippen LogP contribution in [0.4, 0.5) is 8.78 Å². The second-order valence-electron chi connectivity index (χ2n) is 7.53. The molecule has 2 heterocycles. The second-order valence-corrected chi connectivity index (χ2v) is 8.54. The number of hydrogen-bond donors (Lipinski definition) is 0. The van der Waals surface area contributed by atoms with Gasteiger partial charge in [-0.2, -0.15) is 8.78 Å². The first-order chi connectivity index (χ1) is 16.8. The van der Waals surface area contributed by atoms with Crippen molar-refractivity contribution in [1.29, 1.82) is 0 Å². The number of thiazole rings is 1. The van der Waals surface area contributed by atoms with Gasteiger partial charge in [0.1, 0.15) is 11.5 Å². The lowest BCUT2D eigenvalue weighted by atomic mass is 9.96. The zero-order chi connectivity index (χ0) is 25.1. The molecule has 0 saturated carbocycles. The summed E-state index contributed by atoms with van der Waals surface area (Å²) in [5.74, 6) is 0.0113. The molecule has 4 rings (SSSR count). The Hall–Kier alpha value is -3.79. The van der Waals surface area contributed by atoms with E-state index in [-0.39, 0.29) is 23.5 Å². The Labute approximate surface area is 203 Å². The van der Waals surface area contributed by atoms with Crippen LogP contribution in [-0.4, -0.2) is 30.9 Å². The van der Waals surface area contributed by atoms with E-state index in [1.807, 2.05) is 12.1 Å². The summed E-state index contributed by atoms with van der Waals surface area (Å²) < 4.78 is 42.0. The minimum absolute atomic E-state index is 0.0347. The maximum absolute atomic E-state index is 13.6. The Kier molecular flexibility index (Phi) is 7.11. The number of methoxy groups -OCH3 is 1. The van der Waals surface area contributed by atoms with E-state index in [0.717, 1.165) is 5.56 Å². The molecule has 0 radical (unpaired) electrons. The molecule has 35 heavy (non-hydrogen) atoms. The number of ether oxygens (including phenoxy) is 3. The molecule has 3 aromatic rings. The third-order valence-electron chi connectivity index (χ3n) is 5.33. The number of aromatic nitrogens is 1. The maximum Gasteiger partial charge on any atom is 0.387 e. The summed E-state index contributed by atoms with van der Waals surface area (Å²) in [6.45, 7) is 0.534. The van der Waals surface area contributed by atoms with Gasteiger partial charge in [-0.05, 0) is 55.3 Å². The topological polar surface area (TPSA) is 79.1 Å². The standard InChI is InChI=1S/C25H22F2N2O5S/c1-4-33-23(31)20-14(2)28-25-29(21(20)16-8-10-17(11-9-16)34-24(26)27)22(30)19(35-25)13-15-6-5-7-18(12-15)32-3/h5-13,21,24H,4H2,1-3H3/b19-13-. The maximum atomic E-state index is 13.6. The molecule has 182 valence electrons. The lowest BCUT2D eigenvalue weighted by Crippen LogP contribution is -2.39. The van der Waals surface area contributed by atoms with Crippen LogP contribution in [0.25, 0.3) is 6.08 Å². The van der Waals surface area contributed by atoms with Gasteiger partial charge in [0, 0.05) is 0 Å². The average Bonchev–Trinajstić information content (AvgIpc) is 3.13. The number of fused-ring (bicyclic) bond motifs is 1. The van der Waals surface area contributed by atoms with Crippen molar-refractivity contribution in [3.63, 3.8) is 0 Å². The van der Waals surface area contributed by atoms with Crippen LogP contribution in [-0.2, 0) is 9.53 Å². The van der Waals surface area contributed by atoms with Crippen LogP contribution >= 0.6 is 11.3 Å². The third kappa shape index (κ3) is 5.02. The van der Waals surface area contributed by atoms with Gasteiger partial charge >= 0.3 is 12.6 Å². The number of halogens is 2. The molecule has 0 N–H and O–H groups in total. The van der Waals surface area contributed by atoms with Gasteiger partial charge in [0.15, 0.2) is 4.80 Å². The lowest BCUT2D eigenvalue weighted by molar-refractivity contribution is -0.139. The highest BCUT2D eigenvalue weighted by Crippen LogP contribution is 2.31. The smallest absolute Gasteiger partial charge is 0.387 e. The zero-order valence-electron chi connectivity index (χ0n) is 19.2. The molecule has 0 amide bonds. The van der Waals surface area contributed by atoms with E-state index in [9.17, 15) is 18.4 Å². The Morgan fingerprint density at radius 2 is 1.94 bits per heavy atom. The Morgan fingerprint density at radius 1 is 1.20 bits per heavy atom. The van der Waals surface area contributed by atoms with Crippen molar-refractivity contribution in [2.75, 3.05) is 13.7 Å². The van der Waals surface area contributed by atoms with Crippen LogP contribution in [0.15, 0.2) is 69.6 Å². The fourth-order valence-electron chi connectivity index (χ4n) is 3.82. The summed E-state index contributed by atoms with van der Waals surface area (Å²) in [4.78, 5) is 31.4. The summed E-state index contributed by atoms with van der Waals surface area (Å²) >= 11 is 1.19. The summed E-state index contributed by atoms with van der Waals surface area (Å²) in [6, 6.07) is 12.2. The van der Waals surface area contributed by atoms with Crippen molar-refractivity contribution in [3.05, 3.63) is 90.6 Å². The summed E-state index contributed by atoms with van der Waals surface area (Å²) in [7, 11) is 1.56. The molecule has 0 aliphatic carbocycles. The van der Waals surface area contributed by atoms with Crippen molar-refractivity contribution in [3.8, 4) is 11.5 Å². The van der Waals surface area contributed by atoms with Gasteiger partial charge in [0.05, 0.1) is 35.6 Å². The average molecular weight is 501 g/mol. The second kappa shape index (κ2) is 10.2. The highest BCUT2D eigenvalue weighted by Gasteiger charge is 2.33. The van der Waals surface area contributed by atoms with Crippen LogP contribution in [0.2, 0.25) is 0 Å². The van der Waals surface area contributed by atoms with Gasteiger partial charge in [-0.25, -0.2) is 9.79 Å². The molecule has 1 aliphatic rings. The van der Waals surface area contributed by atoms with E-state index in [4.69, 9.17) is 9.47 Å². The van der Waals surface area contributed by atoms with Gasteiger partial charge in [0.25, 0.3) is 5.56 Å². The van der Waals surface area contributed by atoms with Crippen molar-refractivity contribution < 1.29 is 27.8 Å². The first-order valence-corrected chi connectivity index (χ1v) is 11.5. The number of carbonyl (C=O) groups is 1. The van der Waals surface area contributed by atoms with Crippen molar-refractivity contribution in [2.45, 2.75) is 26.5 Å². The molecular formula is C25H22F2N2O5S. The van der Waals surface area contributed by atoms with E-state index < -0.39 is 18.6 Å². The zero-order valence-corrected chi connectivity index (χ0v) is 20.0. The van der Waals surface area contributed by atoms with E-state index in [2.05, 4.69) is 9.73 Å². The Balaban J connectivity index is 1.89. The molecule has 0 fully saturated rings. The molecule has 1 aliphatic heterocycles. The van der Waals surface area contributed by atoms with Gasteiger partial charge in [-0.1, -0.05) is 35.6 Å². The molecule has 0 bridgehead atoms. The first-order valence-electron chi connectivity index (χ1n) is 10.7. The van der Waals surface area contributed by atoms with E-state index in [0.29, 0.717) is 26.3 Å². The quantitative estimate of drug-likeness (QED) is 0.465. The van der Waals surface area contributed by atoms with Crippen LogP contribution in [0.1, 0.15) is 31.0 Å². The van der Waals surface area contributed by atoms with E-state index >= 15 is 0 Å². The van der Waals surface area contributed by atoms with Crippen LogP contribution in [0, 0.1) is 0 Å². The third-order valence-corrected chi connectivity index (χ3v) is 6.31. The number of alkyl halides is 2. The van der Waals surface area contributed by atoms with Gasteiger partial charge in [0.2, 0.25) is 0 Å². The molecular weight excluding hydrogens is 478 g/mol. The van der Waals surface area contributed by atoms with Crippen molar-refractivity contribution in [1.82, 2.24) is 4.57 Å². The number of esters is 1. The van der Waals surface area contributed by atoms with Crippen LogP contribution < -0.4 is 24.4 Å². The Morgan fingerprint density at radius 3 is 2.60 bits per heavy atom.